The zero-order valence-electron chi connectivity index (χ0n) is 15.4. The van der Waals surface area contributed by atoms with Gasteiger partial charge in [0.1, 0.15) is 0 Å². The Balaban J connectivity index is 3.28. The predicted molar refractivity (Wildman–Crippen MR) is 97.3 cm³/mol. The normalized spacial score (nSPS) is 11.8. The second-order valence-electron chi connectivity index (χ2n) is 6.01. The van der Waals surface area contributed by atoms with Gasteiger partial charge in [-0.15, -0.1) is 0 Å². The van der Waals surface area contributed by atoms with Crippen LogP contribution in [0.4, 0.5) is 0 Å². The van der Waals surface area contributed by atoms with Crippen LogP contribution in [0, 0.1) is 0 Å². The van der Waals surface area contributed by atoms with Gasteiger partial charge in [0.25, 0.3) is 0 Å². The number of rotatable bonds is 17. The molecule has 0 aliphatic heterocycles. The molecular formula is C20H40O2. The van der Waals surface area contributed by atoms with Crippen molar-refractivity contribution in [3.05, 3.63) is 12.2 Å². The Morgan fingerprint density at radius 1 is 0.636 bits per heavy atom. The molecule has 0 aliphatic rings. The van der Waals surface area contributed by atoms with Crippen LogP contribution >= 0.6 is 0 Å². The monoisotopic (exact) mass is 312 g/mol. The van der Waals surface area contributed by atoms with E-state index in [1.165, 1.54) is 70.6 Å². The van der Waals surface area contributed by atoms with Crippen molar-refractivity contribution in [2.75, 3.05) is 13.2 Å². The van der Waals surface area contributed by atoms with Crippen molar-refractivity contribution in [2.45, 2.75) is 104 Å². The highest BCUT2D eigenvalue weighted by Crippen LogP contribution is 2.11. The van der Waals surface area contributed by atoms with Gasteiger partial charge in [0.15, 0.2) is 6.29 Å². The molecule has 132 valence electrons. The molecule has 0 radical (unpaired) electrons. The minimum atomic E-state index is 0.0123. The minimum Gasteiger partial charge on any atom is -0.353 e. The van der Waals surface area contributed by atoms with E-state index in [2.05, 4.69) is 19.1 Å². The summed E-state index contributed by atoms with van der Waals surface area (Å²) in [6, 6.07) is 0. The number of unbranched alkanes of at least 4 members (excludes halogenated alkanes) is 9. The highest BCUT2D eigenvalue weighted by Gasteiger charge is 2.06. The lowest BCUT2D eigenvalue weighted by atomic mass is 10.1. The summed E-state index contributed by atoms with van der Waals surface area (Å²) in [6.45, 7) is 7.81. The van der Waals surface area contributed by atoms with Crippen LogP contribution in [0.3, 0.4) is 0 Å². The van der Waals surface area contributed by atoms with Gasteiger partial charge >= 0.3 is 0 Å². The highest BCUT2D eigenvalue weighted by atomic mass is 16.7. The van der Waals surface area contributed by atoms with Gasteiger partial charge in [0.2, 0.25) is 0 Å². The summed E-state index contributed by atoms with van der Waals surface area (Å²) in [5.41, 5.74) is 0. The van der Waals surface area contributed by atoms with E-state index in [1.54, 1.807) is 0 Å². The van der Waals surface area contributed by atoms with E-state index in [0.717, 1.165) is 19.6 Å². The summed E-state index contributed by atoms with van der Waals surface area (Å²) in [7, 11) is 0. The van der Waals surface area contributed by atoms with Crippen LogP contribution in [0.1, 0.15) is 97.8 Å². The Kier molecular flexibility index (Phi) is 18.4. The average molecular weight is 313 g/mol. The van der Waals surface area contributed by atoms with Crippen molar-refractivity contribution in [1.29, 1.82) is 0 Å². The summed E-state index contributed by atoms with van der Waals surface area (Å²) < 4.78 is 11.1. The topological polar surface area (TPSA) is 18.5 Å². The van der Waals surface area contributed by atoms with Gasteiger partial charge in [-0.1, -0.05) is 57.6 Å². The van der Waals surface area contributed by atoms with Crippen LogP contribution in [-0.2, 0) is 9.47 Å². The van der Waals surface area contributed by atoms with Crippen molar-refractivity contribution in [3.63, 3.8) is 0 Å². The predicted octanol–water partition coefficient (Wildman–Crippen LogP) is 6.64. The van der Waals surface area contributed by atoms with Crippen LogP contribution in [0.5, 0.6) is 0 Å². The van der Waals surface area contributed by atoms with Gasteiger partial charge in [-0.05, 0) is 52.4 Å². The van der Waals surface area contributed by atoms with Crippen molar-refractivity contribution in [2.24, 2.45) is 0 Å². The van der Waals surface area contributed by atoms with Gasteiger partial charge in [-0.2, -0.15) is 0 Å². The van der Waals surface area contributed by atoms with Crippen LogP contribution in [-0.4, -0.2) is 19.5 Å². The summed E-state index contributed by atoms with van der Waals surface area (Å²) in [6.07, 6.45) is 20.4. The molecule has 0 N–H and O–H groups in total. The number of hydrogen-bond acceptors (Lipinski definition) is 2. The van der Waals surface area contributed by atoms with Crippen LogP contribution < -0.4 is 0 Å². The summed E-state index contributed by atoms with van der Waals surface area (Å²) in [5, 5.41) is 0. The van der Waals surface area contributed by atoms with Crippen molar-refractivity contribution in [3.8, 4) is 0 Å². The Morgan fingerprint density at radius 3 is 1.68 bits per heavy atom. The van der Waals surface area contributed by atoms with Gasteiger partial charge in [0, 0.05) is 13.2 Å². The lowest BCUT2D eigenvalue weighted by Gasteiger charge is -2.16. The molecule has 0 aromatic heterocycles. The number of hydrogen-bond donors (Lipinski definition) is 0. The van der Waals surface area contributed by atoms with E-state index < -0.39 is 0 Å². The van der Waals surface area contributed by atoms with E-state index in [-0.39, 0.29) is 6.29 Å². The second-order valence-corrected chi connectivity index (χ2v) is 6.01. The van der Waals surface area contributed by atoms with Crippen LogP contribution in [0.15, 0.2) is 12.2 Å². The molecule has 0 aromatic rings. The lowest BCUT2D eigenvalue weighted by molar-refractivity contribution is -0.140. The second kappa shape index (κ2) is 18.7. The summed E-state index contributed by atoms with van der Waals surface area (Å²) in [4.78, 5) is 0. The minimum absolute atomic E-state index is 0.0123. The SMILES string of the molecule is CCCCCCCCC=CCCCCCC(OCC)OCC. The molecule has 2 heteroatoms. The lowest BCUT2D eigenvalue weighted by Crippen LogP contribution is -2.17. The molecule has 2 nitrogen and oxygen atoms in total. The van der Waals surface area contributed by atoms with E-state index >= 15 is 0 Å². The molecule has 0 heterocycles. The maximum absolute atomic E-state index is 5.55. The Morgan fingerprint density at radius 2 is 1.14 bits per heavy atom. The first kappa shape index (κ1) is 21.7. The van der Waals surface area contributed by atoms with Gasteiger partial charge < -0.3 is 9.47 Å². The van der Waals surface area contributed by atoms with Crippen LogP contribution in [0.2, 0.25) is 0 Å². The molecular weight excluding hydrogens is 272 g/mol. The molecule has 22 heavy (non-hydrogen) atoms. The largest absolute Gasteiger partial charge is 0.353 e. The van der Waals surface area contributed by atoms with Crippen molar-refractivity contribution < 1.29 is 9.47 Å². The Labute approximate surface area is 139 Å². The Bertz CT molecular complexity index is 220. The fourth-order valence-corrected chi connectivity index (χ4v) is 2.61. The van der Waals surface area contributed by atoms with E-state index in [1.807, 2.05) is 13.8 Å². The quantitative estimate of drug-likeness (QED) is 0.170. The molecule has 0 spiro atoms. The molecule has 0 bridgehead atoms. The third-order valence-electron chi connectivity index (χ3n) is 3.91. The molecule has 0 amide bonds. The zero-order valence-corrected chi connectivity index (χ0v) is 15.4. The maximum atomic E-state index is 5.55. The van der Waals surface area contributed by atoms with E-state index in [4.69, 9.17) is 9.47 Å². The fourth-order valence-electron chi connectivity index (χ4n) is 2.61. The fraction of sp³-hybridized carbons (Fsp3) is 0.900. The van der Waals surface area contributed by atoms with Gasteiger partial charge in [-0.3, -0.25) is 0 Å². The van der Waals surface area contributed by atoms with E-state index in [0.29, 0.717) is 0 Å². The number of ether oxygens (including phenoxy) is 2. The molecule has 0 fully saturated rings. The molecule has 0 rings (SSSR count). The molecule has 0 unspecified atom stereocenters. The molecule has 0 aromatic carbocycles. The maximum Gasteiger partial charge on any atom is 0.157 e. The Hall–Kier alpha value is -0.340. The average Bonchev–Trinajstić information content (AvgIpc) is 2.52. The molecule has 0 atom stereocenters. The summed E-state index contributed by atoms with van der Waals surface area (Å²) in [5.74, 6) is 0. The standard InChI is InChI=1S/C20H40O2/c1-4-7-8-9-10-11-12-13-14-15-16-17-18-19-20(21-5-2)22-6-3/h13-14,20H,4-12,15-19H2,1-3H3. The van der Waals surface area contributed by atoms with Gasteiger partial charge in [0.05, 0.1) is 0 Å². The molecule has 0 saturated carbocycles. The van der Waals surface area contributed by atoms with Crippen molar-refractivity contribution in [1.82, 2.24) is 0 Å². The first-order valence-electron chi connectivity index (χ1n) is 9.73. The molecule has 0 aliphatic carbocycles. The highest BCUT2D eigenvalue weighted by molar-refractivity contribution is 4.81. The van der Waals surface area contributed by atoms with Crippen LogP contribution in [0.25, 0.3) is 0 Å². The summed E-state index contributed by atoms with van der Waals surface area (Å²) >= 11 is 0. The third-order valence-corrected chi connectivity index (χ3v) is 3.91. The van der Waals surface area contributed by atoms with E-state index in [9.17, 15) is 0 Å². The first-order chi connectivity index (χ1) is 10.8. The van der Waals surface area contributed by atoms with Gasteiger partial charge in [-0.25, -0.2) is 0 Å². The number of allylic oxidation sites excluding steroid dienone is 2. The first-order valence-corrected chi connectivity index (χ1v) is 9.73. The third kappa shape index (κ3) is 16.0. The smallest absolute Gasteiger partial charge is 0.157 e. The van der Waals surface area contributed by atoms with Crippen molar-refractivity contribution >= 4 is 0 Å². The zero-order chi connectivity index (χ0) is 16.3. The molecule has 0 saturated heterocycles.